The Hall–Kier alpha value is -9.27. The van der Waals surface area contributed by atoms with Crippen LogP contribution in [-0.2, 0) is 0 Å². The van der Waals surface area contributed by atoms with Crippen LogP contribution in [-0.4, -0.2) is 53.1 Å². The number of rotatable bonds is 16. The van der Waals surface area contributed by atoms with Crippen molar-refractivity contribution in [1.29, 1.82) is 0 Å². The standard InChI is InChI=1S/C88H66Ge4/c1-13-37-67(38-14-1)89(68-39-15-2-16-40-68,69-41-17-3-18-42-69)83-65-84(90(70-43-19-4-20-44-70,71-45-21-5-22-46-71)72-47-23-6-24-48-72)80-63-64-82-86(92(76-55-31-10-32-56-76,77-57-33-11-34-58-77)78-59-35-12-36-60-78)66-85(81-62-61-79(83)87(80)88(81)82)91(73-49-25-7-26-50-73,74-51-27-8-28-52-74)75-53-29-9-30-54-75/h1-66H. The molecule has 0 spiro atoms. The van der Waals surface area contributed by atoms with Crippen LogP contribution in [0.25, 0.3) is 32.3 Å². The molecule has 0 saturated carbocycles. The molecule has 0 aliphatic carbocycles. The molecule has 0 unspecified atom stereocenters. The summed E-state index contributed by atoms with van der Waals surface area (Å²) in [6.45, 7) is 0. The second-order valence-corrected chi connectivity index (χ2v) is 56.1. The summed E-state index contributed by atoms with van der Waals surface area (Å²) in [6.07, 6.45) is 0. The molecule has 16 rings (SSSR count). The second-order valence-electron chi connectivity index (χ2n) is 24.4. The molecule has 0 heterocycles. The van der Waals surface area contributed by atoms with Crippen LogP contribution >= 0.6 is 0 Å². The molecule has 0 N–H and O–H groups in total. The molecule has 16 aromatic carbocycles. The van der Waals surface area contributed by atoms with Gasteiger partial charge in [0.2, 0.25) is 0 Å². The zero-order valence-electron chi connectivity index (χ0n) is 51.1. The minimum atomic E-state index is -4.26. The topological polar surface area (TPSA) is 0 Å². The van der Waals surface area contributed by atoms with Crippen LogP contribution in [0.15, 0.2) is 400 Å². The molecule has 4 heteroatoms. The van der Waals surface area contributed by atoms with Gasteiger partial charge in [0, 0.05) is 0 Å². The van der Waals surface area contributed by atoms with Crippen molar-refractivity contribution in [3.8, 4) is 0 Å². The van der Waals surface area contributed by atoms with Crippen molar-refractivity contribution in [3.63, 3.8) is 0 Å². The predicted molar refractivity (Wildman–Crippen MR) is 405 cm³/mol. The summed E-state index contributed by atoms with van der Waals surface area (Å²) in [7, 11) is 0. The third kappa shape index (κ3) is 9.16. The van der Waals surface area contributed by atoms with Gasteiger partial charge in [-0.3, -0.25) is 0 Å². The van der Waals surface area contributed by atoms with E-state index in [2.05, 4.69) is 400 Å². The SMILES string of the molecule is c1cc[c]([Ge]([c]2ccccc2)([c]2ccccc2)[c]2c[c]([Ge]([c]3ccccc3)([c]3ccccc3)[c]3ccccc3)c3ccc4[c]([Ge]([c]5ccccc5)([c]5ccccc5)[c]5ccccc5)c[c]([Ge]([c]5ccccc5)([c]5ccccc5)[c]5ccccc5)c5ccc2c3c54)cc1. The van der Waals surface area contributed by atoms with Crippen molar-refractivity contribution in [2.24, 2.45) is 0 Å². The average Bonchev–Trinajstić information content (AvgIpc) is 0.679. The third-order valence-corrected chi connectivity index (χ3v) is 60.4. The van der Waals surface area contributed by atoms with Gasteiger partial charge in [0.1, 0.15) is 0 Å². The van der Waals surface area contributed by atoms with Crippen LogP contribution < -0.4 is 70.3 Å². The van der Waals surface area contributed by atoms with Crippen LogP contribution in [0, 0.1) is 0 Å². The Bertz CT molecular complexity index is 4110. The zero-order chi connectivity index (χ0) is 61.4. The van der Waals surface area contributed by atoms with E-state index in [1.54, 1.807) is 0 Å². The molecule has 0 nitrogen and oxygen atoms in total. The van der Waals surface area contributed by atoms with Gasteiger partial charge in [0.25, 0.3) is 0 Å². The Balaban J connectivity index is 1.24. The number of hydrogen-bond donors (Lipinski definition) is 0. The minimum absolute atomic E-state index is 1.33. The molecule has 16 aromatic rings. The fourth-order valence-corrected chi connectivity index (χ4v) is 59.5. The van der Waals surface area contributed by atoms with Gasteiger partial charge in [-0.2, -0.15) is 0 Å². The van der Waals surface area contributed by atoms with E-state index in [1.807, 2.05) is 0 Å². The third-order valence-electron chi connectivity index (χ3n) is 20.0. The molecular formula is C88H66Ge4. The van der Waals surface area contributed by atoms with Crippen LogP contribution in [0.4, 0.5) is 0 Å². The molecule has 434 valence electrons. The quantitative estimate of drug-likeness (QED) is 0.0668. The molecule has 0 amide bonds. The molecule has 0 aromatic heterocycles. The first-order valence-electron chi connectivity index (χ1n) is 32.2. The van der Waals surface area contributed by atoms with E-state index in [0.29, 0.717) is 0 Å². The summed E-state index contributed by atoms with van der Waals surface area (Å²) in [5.74, 6) is 0. The Morgan fingerprint density at radius 1 is 0.120 bits per heavy atom. The van der Waals surface area contributed by atoms with Gasteiger partial charge in [-0.1, -0.05) is 0 Å². The molecule has 0 saturated heterocycles. The fraction of sp³-hybridized carbons (Fsp3) is 0. The molecule has 0 fully saturated rings. The van der Waals surface area contributed by atoms with Gasteiger partial charge in [-0.05, 0) is 0 Å². The van der Waals surface area contributed by atoms with Crippen molar-refractivity contribution >= 4 is 156 Å². The molecule has 0 aliphatic rings. The Morgan fingerprint density at radius 2 is 0.228 bits per heavy atom. The second kappa shape index (κ2) is 24.7. The van der Waals surface area contributed by atoms with Gasteiger partial charge in [-0.25, -0.2) is 0 Å². The molecule has 0 bridgehead atoms. The molecule has 0 aliphatic heterocycles. The summed E-state index contributed by atoms with van der Waals surface area (Å²) in [5, 5.41) is 8.06. The van der Waals surface area contributed by atoms with Crippen molar-refractivity contribution < 1.29 is 0 Å². The summed E-state index contributed by atoms with van der Waals surface area (Å²) in [6, 6.07) is 157. The van der Waals surface area contributed by atoms with Crippen LogP contribution in [0.3, 0.4) is 0 Å². The fourth-order valence-electron chi connectivity index (χ4n) is 16.4. The molecule has 92 heavy (non-hydrogen) atoms. The van der Waals surface area contributed by atoms with Crippen molar-refractivity contribution in [3.05, 3.63) is 400 Å². The predicted octanol–water partition coefficient (Wildman–Crippen LogP) is 10.1. The van der Waals surface area contributed by atoms with Crippen molar-refractivity contribution in [2.45, 2.75) is 0 Å². The molecular weight excluding hydrogens is 1350 g/mol. The maximum absolute atomic E-state index is 4.26. The van der Waals surface area contributed by atoms with E-state index in [9.17, 15) is 0 Å². The Kier molecular flexibility index (Phi) is 15.6. The van der Waals surface area contributed by atoms with E-state index in [1.165, 1.54) is 103 Å². The number of hydrogen-bond acceptors (Lipinski definition) is 0. The van der Waals surface area contributed by atoms with Crippen molar-refractivity contribution in [2.75, 3.05) is 0 Å². The first kappa shape index (κ1) is 57.9. The van der Waals surface area contributed by atoms with E-state index < -0.39 is 53.1 Å². The first-order valence-corrected chi connectivity index (χ1v) is 48.9. The summed E-state index contributed by atoms with van der Waals surface area (Å²) < 4.78 is 22.7. The normalized spacial score (nSPS) is 12.1. The summed E-state index contributed by atoms with van der Waals surface area (Å²) in [5.41, 5.74) is 0. The monoisotopic (exact) mass is 1420 g/mol. The zero-order valence-corrected chi connectivity index (χ0v) is 59.5. The van der Waals surface area contributed by atoms with Crippen LogP contribution in [0.1, 0.15) is 0 Å². The maximum atomic E-state index is 2.84. The first-order chi connectivity index (χ1) is 45.7. The summed E-state index contributed by atoms with van der Waals surface area (Å²) in [4.78, 5) is 0. The van der Waals surface area contributed by atoms with E-state index in [-0.39, 0.29) is 0 Å². The van der Waals surface area contributed by atoms with Crippen LogP contribution in [0.2, 0.25) is 0 Å². The summed E-state index contributed by atoms with van der Waals surface area (Å²) >= 11 is -17.0. The Labute approximate surface area is 551 Å². The number of benzene rings is 16. The van der Waals surface area contributed by atoms with Gasteiger partial charge < -0.3 is 0 Å². The van der Waals surface area contributed by atoms with Crippen molar-refractivity contribution in [1.82, 2.24) is 0 Å². The van der Waals surface area contributed by atoms with Gasteiger partial charge in [0.05, 0.1) is 0 Å². The van der Waals surface area contributed by atoms with E-state index in [0.717, 1.165) is 0 Å². The van der Waals surface area contributed by atoms with E-state index >= 15 is 0 Å². The van der Waals surface area contributed by atoms with E-state index in [4.69, 9.17) is 0 Å². The van der Waals surface area contributed by atoms with Crippen LogP contribution in [0.5, 0.6) is 0 Å². The molecule has 0 atom stereocenters. The average molecular weight is 1410 g/mol. The molecule has 0 radical (unpaired) electrons. The van der Waals surface area contributed by atoms with Gasteiger partial charge in [-0.15, -0.1) is 0 Å². The van der Waals surface area contributed by atoms with Gasteiger partial charge >= 0.3 is 556 Å². The van der Waals surface area contributed by atoms with Gasteiger partial charge in [0.15, 0.2) is 0 Å². The Morgan fingerprint density at radius 3 is 0.337 bits per heavy atom.